The lowest BCUT2D eigenvalue weighted by Crippen LogP contribution is -2.46. The van der Waals surface area contributed by atoms with Gasteiger partial charge in [0.2, 0.25) is 5.91 Å². The van der Waals surface area contributed by atoms with Crippen LogP contribution in [0, 0.1) is 17.2 Å². The Morgan fingerprint density at radius 2 is 1.85 bits per heavy atom. The van der Waals surface area contributed by atoms with E-state index in [0.29, 0.717) is 5.92 Å². The normalized spacial score (nSPS) is 23.9. The summed E-state index contributed by atoms with van der Waals surface area (Å²) in [6, 6.07) is 2.34. The molecule has 0 aromatic rings. The topological polar surface area (TPSA) is 62.1 Å². The Kier molecular flexibility index (Phi) is 5.60. The Hall–Kier alpha value is -1.34. The largest absolute Gasteiger partial charge is 0.381 e. The van der Waals surface area contributed by atoms with Crippen LogP contribution in [0.25, 0.3) is 0 Å². The number of hydrogen-bond acceptors (Lipinski definition) is 3. The van der Waals surface area contributed by atoms with Crippen LogP contribution in [0.15, 0.2) is 12.2 Å². The molecule has 0 bridgehead atoms. The van der Waals surface area contributed by atoms with Crippen LogP contribution in [0.5, 0.6) is 0 Å². The number of amides is 1. The molecule has 0 spiro atoms. The summed E-state index contributed by atoms with van der Waals surface area (Å²) in [6.07, 6.45) is 11.5. The zero-order valence-corrected chi connectivity index (χ0v) is 12.1. The average molecular weight is 276 g/mol. The third kappa shape index (κ3) is 4.35. The maximum atomic E-state index is 12.0. The van der Waals surface area contributed by atoms with Crippen molar-refractivity contribution in [1.29, 1.82) is 5.26 Å². The number of carbonyl (C=O) groups is 1. The first-order valence-electron chi connectivity index (χ1n) is 7.73. The molecule has 1 N–H and O–H groups in total. The molecule has 1 amide bonds. The summed E-state index contributed by atoms with van der Waals surface area (Å²) in [5, 5.41) is 12.4. The Bertz CT molecular complexity index is 384. The van der Waals surface area contributed by atoms with Gasteiger partial charge in [0.25, 0.3) is 0 Å². The molecule has 2 rings (SSSR count). The highest BCUT2D eigenvalue weighted by Crippen LogP contribution is 2.26. The standard InChI is InChI=1S/C16H24N2O2/c17-13-16(9-3-1-2-4-10-16)18-15(19)6-5-14-7-11-20-12-8-14/h5-6,14H,1-4,7-12H2,(H,18,19). The molecule has 4 heteroatoms. The lowest BCUT2D eigenvalue weighted by atomic mass is 9.91. The van der Waals surface area contributed by atoms with Crippen LogP contribution in [0.3, 0.4) is 0 Å². The number of carbonyl (C=O) groups excluding carboxylic acids is 1. The summed E-state index contributed by atoms with van der Waals surface area (Å²) in [5.74, 6) is 0.307. The van der Waals surface area contributed by atoms with Crippen LogP contribution in [0.2, 0.25) is 0 Å². The Labute approximate surface area is 121 Å². The van der Waals surface area contributed by atoms with Gasteiger partial charge in [0.1, 0.15) is 5.54 Å². The molecule has 1 saturated heterocycles. The number of rotatable bonds is 3. The van der Waals surface area contributed by atoms with E-state index in [1.54, 1.807) is 6.08 Å². The number of nitriles is 1. The summed E-state index contributed by atoms with van der Waals surface area (Å²) in [7, 11) is 0. The summed E-state index contributed by atoms with van der Waals surface area (Å²) in [6.45, 7) is 1.55. The van der Waals surface area contributed by atoms with Gasteiger partial charge in [0.15, 0.2) is 0 Å². The lowest BCUT2D eigenvalue weighted by Gasteiger charge is -2.25. The third-order valence-corrected chi connectivity index (χ3v) is 4.32. The maximum absolute atomic E-state index is 12.0. The third-order valence-electron chi connectivity index (χ3n) is 4.32. The van der Waals surface area contributed by atoms with E-state index in [1.165, 1.54) is 0 Å². The smallest absolute Gasteiger partial charge is 0.244 e. The van der Waals surface area contributed by atoms with Crippen molar-refractivity contribution in [3.8, 4) is 6.07 Å². The van der Waals surface area contributed by atoms with Crippen LogP contribution < -0.4 is 5.32 Å². The molecule has 1 aliphatic heterocycles. The molecule has 0 unspecified atom stereocenters. The first-order chi connectivity index (χ1) is 9.74. The molecule has 0 aromatic heterocycles. The van der Waals surface area contributed by atoms with Gasteiger partial charge in [0.05, 0.1) is 6.07 Å². The lowest BCUT2D eigenvalue weighted by molar-refractivity contribution is -0.118. The van der Waals surface area contributed by atoms with Gasteiger partial charge in [-0.1, -0.05) is 31.8 Å². The zero-order valence-electron chi connectivity index (χ0n) is 12.1. The van der Waals surface area contributed by atoms with E-state index >= 15 is 0 Å². The van der Waals surface area contributed by atoms with Crippen LogP contribution in [0.1, 0.15) is 51.4 Å². The Morgan fingerprint density at radius 3 is 2.45 bits per heavy atom. The van der Waals surface area contributed by atoms with Crippen molar-refractivity contribution in [3.63, 3.8) is 0 Å². The van der Waals surface area contributed by atoms with E-state index < -0.39 is 5.54 Å². The van der Waals surface area contributed by atoms with Crippen molar-refractivity contribution in [2.24, 2.45) is 5.92 Å². The van der Waals surface area contributed by atoms with Gasteiger partial charge in [-0.3, -0.25) is 4.79 Å². The fourth-order valence-corrected chi connectivity index (χ4v) is 3.01. The summed E-state index contributed by atoms with van der Waals surface area (Å²) in [4.78, 5) is 12.0. The van der Waals surface area contributed by atoms with Crippen molar-refractivity contribution >= 4 is 5.91 Å². The summed E-state index contributed by atoms with van der Waals surface area (Å²) in [5.41, 5.74) is -0.645. The molecule has 20 heavy (non-hydrogen) atoms. The molecule has 110 valence electrons. The predicted octanol–water partition coefficient (Wildman–Crippen LogP) is 2.70. The minimum Gasteiger partial charge on any atom is -0.381 e. The second-order valence-corrected chi connectivity index (χ2v) is 5.91. The number of nitrogens with zero attached hydrogens (tertiary/aromatic N) is 1. The predicted molar refractivity (Wildman–Crippen MR) is 76.9 cm³/mol. The van der Waals surface area contributed by atoms with E-state index in [4.69, 9.17) is 4.74 Å². The van der Waals surface area contributed by atoms with Crippen LogP contribution in [0.4, 0.5) is 0 Å². The van der Waals surface area contributed by atoms with Crippen molar-refractivity contribution < 1.29 is 9.53 Å². The first-order valence-corrected chi connectivity index (χ1v) is 7.73. The number of ether oxygens (including phenoxy) is 1. The van der Waals surface area contributed by atoms with Crippen molar-refractivity contribution in [1.82, 2.24) is 5.32 Å². The highest BCUT2D eigenvalue weighted by molar-refractivity contribution is 5.88. The van der Waals surface area contributed by atoms with Gasteiger partial charge in [-0.15, -0.1) is 0 Å². The quantitative estimate of drug-likeness (QED) is 0.637. The van der Waals surface area contributed by atoms with Crippen molar-refractivity contribution in [2.75, 3.05) is 13.2 Å². The second-order valence-electron chi connectivity index (χ2n) is 5.91. The highest BCUT2D eigenvalue weighted by Gasteiger charge is 2.31. The van der Waals surface area contributed by atoms with Gasteiger partial charge in [-0.2, -0.15) is 5.26 Å². The SMILES string of the molecule is N#CC1(NC(=O)C=CC2CCOCC2)CCCCCC1. The first kappa shape index (κ1) is 15.1. The Balaban J connectivity index is 1.88. The molecule has 0 radical (unpaired) electrons. The maximum Gasteiger partial charge on any atom is 0.244 e. The molecule has 1 aliphatic carbocycles. The highest BCUT2D eigenvalue weighted by atomic mass is 16.5. The molecular weight excluding hydrogens is 252 g/mol. The summed E-state index contributed by atoms with van der Waals surface area (Å²) < 4.78 is 5.30. The number of nitrogens with one attached hydrogen (secondary N) is 1. The molecular formula is C16H24N2O2. The van der Waals surface area contributed by atoms with Gasteiger partial charge in [-0.05, 0) is 37.7 Å². The average Bonchev–Trinajstić information content (AvgIpc) is 2.72. The van der Waals surface area contributed by atoms with Gasteiger partial charge < -0.3 is 10.1 Å². The number of hydrogen-bond donors (Lipinski definition) is 1. The molecule has 0 aromatic carbocycles. The minimum absolute atomic E-state index is 0.125. The monoisotopic (exact) mass is 276 g/mol. The fourth-order valence-electron chi connectivity index (χ4n) is 3.01. The van der Waals surface area contributed by atoms with Gasteiger partial charge in [0, 0.05) is 13.2 Å². The van der Waals surface area contributed by atoms with Crippen molar-refractivity contribution in [2.45, 2.75) is 56.9 Å². The zero-order chi connectivity index (χ0) is 14.3. The van der Waals surface area contributed by atoms with E-state index in [9.17, 15) is 10.1 Å². The van der Waals surface area contributed by atoms with E-state index in [2.05, 4.69) is 11.4 Å². The molecule has 0 atom stereocenters. The molecule has 1 heterocycles. The molecule has 2 aliphatic rings. The van der Waals surface area contributed by atoms with Crippen molar-refractivity contribution in [3.05, 3.63) is 12.2 Å². The van der Waals surface area contributed by atoms with E-state index in [1.807, 2.05) is 6.08 Å². The molecule has 1 saturated carbocycles. The number of allylic oxidation sites excluding steroid dienone is 1. The molecule has 2 fully saturated rings. The van der Waals surface area contributed by atoms with E-state index in [-0.39, 0.29) is 5.91 Å². The minimum atomic E-state index is -0.645. The Morgan fingerprint density at radius 1 is 1.20 bits per heavy atom. The second kappa shape index (κ2) is 7.44. The fraction of sp³-hybridized carbons (Fsp3) is 0.750. The van der Waals surface area contributed by atoms with Crippen LogP contribution in [-0.2, 0) is 9.53 Å². The van der Waals surface area contributed by atoms with E-state index in [0.717, 1.165) is 64.6 Å². The van der Waals surface area contributed by atoms with Gasteiger partial charge >= 0.3 is 0 Å². The van der Waals surface area contributed by atoms with Gasteiger partial charge in [-0.25, -0.2) is 0 Å². The van der Waals surface area contributed by atoms with Crippen LogP contribution in [-0.4, -0.2) is 24.7 Å². The van der Waals surface area contributed by atoms with Crippen LogP contribution >= 0.6 is 0 Å². The molecule has 4 nitrogen and oxygen atoms in total. The summed E-state index contributed by atoms with van der Waals surface area (Å²) >= 11 is 0.